The molecular weight excluding hydrogens is 306 g/mol. The third-order valence-corrected chi connectivity index (χ3v) is 4.22. The molecule has 2 aromatic rings. The fraction of sp³-hybridized carbons (Fsp3) is 0.529. The highest BCUT2D eigenvalue weighted by Gasteiger charge is 2.28. The summed E-state index contributed by atoms with van der Waals surface area (Å²) in [7, 11) is 0. The second-order valence-corrected chi connectivity index (χ2v) is 5.99. The number of ether oxygens (including phenoxy) is 1. The van der Waals surface area contributed by atoms with Crippen LogP contribution in [0, 0.1) is 13.8 Å². The summed E-state index contributed by atoms with van der Waals surface area (Å²) in [6.07, 6.45) is 3.58. The molecule has 128 valence electrons. The van der Waals surface area contributed by atoms with Crippen LogP contribution in [0.5, 0.6) is 5.88 Å². The largest absolute Gasteiger partial charge is 0.477 e. The van der Waals surface area contributed by atoms with E-state index in [9.17, 15) is 4.79 Å². The van der Waals surface area contributed by atoms with Crippen molar-refractivity contribution in [1.29, 1.82) is 0 Å². The number of hydrogen-bond donors (Lipinski definition) is 0. The van der Waals surface area contributed by atoms with E-state index in [1.807, 2.05) is 30.4 Å². The van der Waals surface area contributed by atoms with Gasteiger partial charge in [0.15, 0.2) is 0 Å². The van der Waals surface area contributed by atoms with Crippen molar-refractivity contribution in [3.05, 3.63) is 35.5 Å². The van der Waals surface area contributed by atoms with Gasteiger partial charge in [0.05, 0.1) is 12.6 Å². The zero-order chi connectivity index (χ0) is 17.1. The number of piperidine rings is 1. The molecule has 3 heterocycles. The Kier molecular flexibility index (Phi) is 4.78. The Morgan fingerprint density at radius 1 is 1.42 bits per heavy atom. The van der Waals surface area contributed by atoms with Gasteiger partial charge in [-0.1, -0.05) is 0 Å². The van der Waals surface area contributed by atoms with Gasteiger partial charge in [-0.3, -0.25) is 4.79 Å². The minimum Gasteiger partial charge on any atom is -0.477 e. The van der Waals surface area contributed by atoms with E-state index in [2.05, 4.69) is 15.1 Å². The molecular formula is C17H23N5O2. The molecule has 0 radical (unpaired) electrons. The summed E-state index contributed by atoms with van der Waals surface area (Å²) < 4.78 is 7.44. The number of likely N-dealkylation sites (tertiary alicyclic amines) is 1. The molecule has 1 aliphatic rings. The van der Waals surface area contributed by atoms with E-state index in [1.165, 1.54) is 0 Å². The van der Waals surface area contributed by atoms with E-state index < -0.39 is 0 Å². The minimum atomic E-state index is -0.0364. The van der Waals surface area contributed by atoms with Crippen LogP contribution in [-0.2, 0) is 0 Å². The molecule has 0 spiro atoms. The molecule has 7 heteroatoms. The first-order chi connectivity index (χ1) is 11.6. The van der Waals surface area contributed by atoms with E-state index in [0.29, 0.717) is 24.6 Å². The lowest BCUT2D eigenvalue weighted by Gasteiger charge is -2.33. The number of amides is 1. The van der Waals surface area contributed by atoms with Gasteiger partial charge < -0.3 is 9.64 Å². The second kappa shape index (κ2) is 6.98. The molecule has 2 aromatic heterocycles. The Morgan fingerprint density at radius 2 is 2.25 bits per heavy atom. The number of aromatic nitrogens is 4. The van der Waals surface area contributed by atoms with Crippen LogP contribution in [0.4, 0.5) is 0 Å². The number of nitrogens with zero attached hydrogens (tertiary/aromatic N) is 5. The molecule has 0 aromatic carbocycles. The SMILES string of the molecule is CCOc1ncccc1C(=O)N1CCC[C@H](n2nc(C)nc2C)C1. The van der Waals surface area contributed by atoms with Gasteiger partial charge in [0.2, 0.25) is 5.88 Å². The van der Waals surface area contributed by atoms with Crippen molar-refractivity contribution in [2.75, 3.05) is 19.7 Å². The van der Waals surface area contributed by atoms with Gasteiger partial charge in [-0.05, 0) is 45.7 Å². The Labute approximate surface area is 141 Å². The number of aryl methyl sites for hydroxylation is 2. The number of carbonyl (C=O) groups excluding carboxylic acids is 1. The maximum absolute atomic E-state index is 12.9. The Morgan fingerprint density at radius 3 is 2.96 bits per heavy atom. The van der Waals surface area contributed by atoms with Gasteiger partial charge in [0.1, 0.15) is 17.2 Å². The molecule has 1 amide bonds. The lowest BCUT2D eigenvalue weighted by Crippen LogP contribution is -2.41. The van der Waals surface area contributed by atoms with Gasteiger partial charge in [0, 0.05) is 19.3 Å². The quantitative estimate of drug-likeness (QED) is 0.859. The Bertz CT molecular complexity index is 728. The second-order valence-electron chi connectivity index (χ2n) is 5.99. The summed E-state index contributed by atoms with van der Waals surface area (Å²) in [4.78, 5) is 23.3. The van der Waals surface area contributed by atoms with Crippen molar-refractivity contribution in [2.24, 2.45) is 0 Å². The van der Waals surface area contributed by atoms with Gasteiger partial charge in [-0.15, -0.1) is 0 Å². The molecule has 7 nitrogen and oxygen atoms in total. The third kappa shape index (κ3) is 3.25. The van der Waals surface area contributed by atoms with E-state index in [-0.39, 0.29) is 11.9 Å². The maximum atomic E-state index is 12.9. The van der Waals surface area contributed by atoms with Gasteiger partial charge in [0.25, 0.3) is 5.91 Å². The fourth-order valence-electron chi connectivity index (χ4n) is 3.20. The van der Waals surface area contributed by atoms with Crippen molar-refractivity contribution >= 4 is 5.91 Å². The number of hydrogen-bond acceptors (Lipinski definition) is 5. The maximum Gasteiger partial charge on any atom is 0.259 e. The lowest BCUT2D eigenvalue weighted by molar-refractivity contribution is 0.0666. The number of carbonyl (C=O) groups is 1. The zero-order valence-electron chi connectivity index (χ0n) is 14.4. The van der Waals surface area contributed by atoms with E-state index in [0.717, 1.165) is 31.0 Å². The topological polar surface area (TPSA) is 73.1 Å². The minimum absolute atomic E-state index is 0.0364. The average Bonchev–Trinajstić information content (AvgIpc) is 2.93. The van der Waals surface area contributed by atoms with Gasteiger partial charge in [-0.25, -0.2) is 14.6 Å². The molecule has 3 rings (SSSR count). The molecule has 0 unspecified atom stereocenters. The van der Waals surface area contributed by atoms with Crippen molar-refractivity contribution in [3.63, 3.8) is 0 Å². The first-order valence-electron chi connectivity index (χ1n) is 8.37. The lowest BCUT2D eigenvalue weighted by atomic mass is 10.0. The van der Waals surface area contributed by atoms with Crippen molar-refractivity contribution in [1.82, 2.24) is 24.6 Å². The van der Waals surface area contributed by atoms with Crippen LogP contribution >= 0.6 is 0 Å². The van der Waals surface area contributed by atoms with Gasteiger partial charge >= 0.3 is 0 Å². The number of rotatable bonds is 4. The van der Waals surface area contributed by atoms with E-state index >= 15 is 0 Å². The van der Waals surface area contributed by atoms with E-state index in [1.54, 1.807) is 18.3 Å². The van der Waals surface area contributed by atoms with Crippen LogP contribution in [0.1, 0.15) is 47.8 Å². The van der Waals surface area contributed by atoms with Crippen LogP contribution in [0.25, 0.3) is 0 Å². The third-order valence-electron chi connectivity index (χ3n) is 4.22. The highest BCUT2D eigenvalue weighted by molar-refractivity contribution is 5.96. The van der Waals surface area contributed by atoms with Crippen LogP contribution in [0.3, 0.4) is 0 Å². The number of pyridine rings is 1. The van der Waals surface area contributed by atoms with Crippen molar-refractivity contribution in [2.45, 2.75) is 39.7 Å². The summed E-state index contributed by atoms with van der Waals surface area (Å²) in [5, 5.41) is 4.48. The zero-order valence-corrected chi connectivity index (χ0v) is 14.4. The molecule has 0 aliphatic carbocycles. The summed E-state index contributed by atoms with van der Waals surface area (Å²) in [5.41, 5.74) is 0.520. The van der Waals surface area contributed by atoms with Crippen LogP contribution in [-0.4, -0.2) is 50.3 Å². The highest BCUT2D eigenvalue weighted by atomic mass is 16.5. The molecule has 1 aliphatic heterocycles. The normalized spacial score (nSPS) is 17.8. The Balaban J connectivity index is 1.80. The highest BCUT2D eigenvalue weighted by Crippen LogP contribution is 2.25. The first kappa shape index (κ1) is 16.4. The molecule has 24 heavy (non-hydrogen) atoms. The van der Waals surface area contributed by atoms with E-state index in [4.69, 9.17) is 4.74 Å². The first-order valence-corrected chi connectivity index (χ1v) is 8.37. The van der Waals surface area contributed by atoms with Crippen LogP contribution in [0.2, 0.25) is 0 Å². The summed E-state index contributed by atoms with van der Waals surface area (Å²) in [6, 6.07) is 3.70. The monoisotopic (exact) mass is 329 g/mol. The predicted octanol–water partition coefficient (Wildman–Crippen LogP) is 2.17. The summed E-state index contributed by atoms with van der Waals surface area (Å²) >= 11 is 0. The van der Waals surface area contributed by atoms with Crippen LogP contribution in [0.15, 0.2) is 18.3 Å². The molecule has 1 atom stereocenters. The van der Waals surface area contributed by atoms with Crippen LogP contribution < -0.4 is 4.74 Å². The molecule has 0 N–H and O–H groups in total. The molecule has 0 bridgehead atoms. The predicted molar refractivity (Wildman–Crippen MR) is 89.1 cm³/mol. The smallest absolute Gasteiger partial charge is 0.259 e. The van der Waals surface area contributed by atoms with Gasteiger partial charge in [-0.2, -0.15) is 5.10 Å². The average molecular weight is 329 g/mol. The fourth-order valence-corrected chi connectivity index (χ4v) is 3.20. The van der Waals surface area contributed by atoms with Crippen molar-refractivity contribution < 1.29 is 9.53 Å². The standard InChI is InChI=1S/C17H23N5O2/c1-4-24-16-15(8-5-9-18-16)17(23)21-10-6-7-14(11-21)22-13(3)19-12(2)20-22/h5,8-9,14H,4,6-7,10-11H2,1-3H3/t14-/m0/s1. The molecule has 1 fully saturated rings. The molecule has 0 saturated carbocycles. The Hall–Kier alpha value is -2.44. The summed E-state index contributed by atoms with van der Waals surface area (Å²) in [6.45, 7) is 7.58. The van der Waals surface area contributed by atoms with Crippen molar-refractivity contribution in [3.8, 4) is 5.88 Å². The molecule has 1 saturated heterocycles. The summed E-state index contributed by atoms with van der Waals surface area (Å²) in [5.74, 6) is 2.02.